The van der Waals surface area contributed by atoms with Crippen LogP contribution in [0, 0.1) is 0 Å². The van der Waals surface area contributed by atoms with Crippen molar-refractivity contribution in [2.75, 3.05) is 0 Å². The number of nitrogens with zero attached hydrogens (tertiary/aromatic N) is 2. The molecule has 0 aliphatic heterocycles. The van der Waals surface area contributed by atoms with Gasteiger partial charge in [-0.2, -0.15) is 0 Å². The van der Waals surface area contributed by atoms with Crippen molar-refractivity contribution >= 4 is 85.9 Å². The summed E-state index contributed by atoms with van der Waals surface area (Å²) >= 11 is 1.89. The molecule has 10 aromatic rings. The maximum absolute atomic E-state index is 2.49. The Labute approximate surface area is 251 Å². The van der Waals surface area contributed by atoms with Gasteiger partial charge in [0.05, 0.1) is 32.5 Å². The van der Waals surface area contributed by atoms with E-state index < -0.39 is 0 Å². The summed E-state index contributed by atoms with van der Waals surface area (Å²) in [6, 6.07) is 53.4. The van der Waals surface area contributed by atoms with Gasteiger partial charge in [-0.05, 0) is 65.4 Å². The highest BCUT2D eigenvalue weighted by Crippen LogP contribution is 2.43. The Morgan fingerprint density at radius 3 is 1.84 bits per heavy atom. The van der Waals surface area contributed by atoms with Crippen molar-refractivity contribution in [2.45, 2.75) is 0 Å². The van der Waals surface area contributed by atoms with Crippen molar-refractivity contribution in [1.82, 2.24) is 9.13 Å². The molecule has 0 saturated heterocycles. The molecular formula is C40H24N2S. The lowest BCUT2D eigenvalue weighted by Gasteiger charge is -2.10. The standard InChI is InChI=1S/C40H24N2S/c1-2-13-27(14-3-1)41-36-22-26-12-5-4-11-25(26)21-31(36)33-24-38-32(23-37(33)41)28-15-6-8-18-34(28)42(38)35-19-10-17-30-29-16-7-9-20-39(29)43-40(30)35/h1-24H. The number of para-hydroxylation sites is 2. The Balaban J connectivity index is 1.40. The topological polar surface area (TPSA) is 9.86 Å². The highest BCUT2D eigenvalue weighted by atomic mass is 32.1. The zero-order chi connectivity index (χ0) is 28.1. The molecule has 0 fully saturated rings. The fraction of sp³-hybridized carbons (Fsp3) is 0. The van der Waals surface area contributed by atoms with Crippen LogP contribution in [-0.4, -0.2) is 9.13 Å². The van der Waals surface area contributed by atoms with E-state index in [0.29, 0.717) is 0 Å². The molecular weight excluding hydrogens is 541 g/mol. The molecule has 0 radical (unpaired) electrons. The summed E-state index contributed by atoms with van der Waals surface area (Å²) in [5, 5.41) is 10.2. The van der Waals surface area contributed by atoms with Gasteiger partial charge in [-0.15, -0.1) is 11.3 Å². The lowest BCUT2D eigenvalue weighted by molar-refractivity contribution is 1.18. The maximum atomic E-state index is 2.49. The second-order valence-corrected chi connectivity index (χ2v) is 12.4. The SMILES string of the molecule is c1ccc(-n2c3cc4ccccc4cc3c3cc4c(cc32)c2ccccc2n4-c2cccc3c2sc2ccccc23)cc1. The van der Waals surface area contributed by atoms with Gasteiger partial charge in [0.2, 0.25) is 0 Å². The van der Waals surface area contributed by atoms with Crippen LogP contribution in [-0.2, 0) is 0 Å². The first-order valence-electron chi connectivity index (χ1n) is 14.7. The largest absolute Gasteiger partial charge is 0.309 e. The van der Waals surface area contributed by atoms with Crippen LogP contribution in [0.2, 0.25) is 0 Å². The summed E-state index contributed by atoms with van der Waals surface area (Å²) < 4.78 is 7.58. The van der Waals surface area contributed by atoms with Crippen LogP contribution in [0.1, 0.15) is 0 Å². The molecule has 3 heteroatoms. The van der Waals surface area contributed by atoms with E-state index in [4.69, 9.17) is 0 Å². The molecule has 200 valence electrons. The van der Waals surface area contributed by atoms with Crippen LogP contribution in [0.15, 0.2) is 146 Å². The fourth-order valence-electron chi connectivity index (χ4n) is 7.19. The number of benzene rings is 7. The molecule has 43 heavy (non-hydrogen) atoms. The molecule has 7 aromatic carbocycles. The molecule has 0 bridgehead atoms. The van der Waals surface area contributed by atoms with E-state index in [1.54, 1.807) is 0 Å². The molecule has 0 saturated carbocycles. The first kappa shape index (κ1) is 23.2. The Hall–Kier alpha value is -5.38. The van der Waals surface area contributed by atoms with Gasteiger partial charge in [0.25, 0.3) is 0 Å². The predicted octanol–water partition coefficient (Wildman–Crippen LogP) is 11.4. The van der Waals surface area contributed by atoms with Crippen molar-refractivity contribution in [3.05, 3.63) is 146 Å². The highest BCUT2D eigenvalue weighted by molar-refractivity contribution is 7.26. The molecule has 2 nitrogen and oxygen atoms in total. The second-order valence-electron chi connectivity index (χ2n) is 11.4. The van der Waals surface area contributed by atoms with Crippen LogP contribution in [0.25, 0.3) is 85.9 Å². The number of thiophene rings is 1. The average Bonchev–Trinajstić information content (AvgIpc) is 3.70. The smallest absolute Gasteiger partial charge is 0.0640 e. The van der Waals surface area contributed by atoms with Gasteiger partial charge >= 0.3 is 0 Å². The van der Waals surface area contributed by atoms with Crippen LogP contribution >= 0.6 is 11.3 Å². The van der Waals surface area contributed by atoms with Gasteiger partial charge in [0.1, 0.15) is 0 Å². The summed E-state index contributed by atoms with van der Waals surface area (Å²) in [6.07, 6.45) is 0. The van der Waals surface area contributed by atoms with Crippen LogP contribution < -0.4 is 0 Å². The summed E-state index contributed by atoms with van der Waals surface area (Å²) in [6.45, 7) is 0. The second kappa shape index (κ2) is 8.57. The zero-order valence-electron chi connectivity index (χ0n) is 23.2. The minimum atomic E-state index is 1.18. The highest BCUT2D eigenvalue weighted by Gasteiger charge is 2.20. The minimum Gasteiger partial charge on any atom is -0.309 e. The fourth-order valence-corrected chi connectivity index (χ4v) is 8.39. The normalized spacial score (nSPS) is 12.2. The van der Waals surface area contributed by atoms with Gasteiger partial charge < -0.3 is 9.13 Å². The maximum Gasteiger partial charge on any atom is 0.0640 e. The summed E-state index contributed by atoms with van der Waals surface area (Å²) in [7, 11) is 0. The molecule has 3 heterocycles. The molecule has 0 aliphatic carbocycles. The van der Waals surface area contributed by atoms with Crippen LogP contribution in [0.4, 0.5) is 0 Å². The summed E-state index contributed by atoms with van der Waals surface area (Å²) in [5.41, 5.74) is 7.34. The quantitative estimate of drug-likeness (QED) is 0.198. The lowest BCUT2D eigenvalue weighted by atomic mass is 10.0. The minimum absolute atomic E-state index is 1.18. The van der Waals surface area contributed by atoms with Gasteiger partial charge in [0.15, 0.2) is 0 Å². The van der Waals surface area contributed by atoms with Crippen LogP contribution in [0.5, 0.6) is 0 Å². The summed E-state index contributed by atoms with van der Waals surface area (Å²) in [5.74, 6) is 0. The van der Waals surface area contributed by atoms with Gasteiger partial charge in [0, 0.05) is 42.7 Å². The van der Waals surface area contributed by atoms with Crippen LogP contribution in [0.3, 0.4) is 0 Å². The van der Waals surface area contributed by atoms with Crippen molar-refractivity contribution in [2.24, 2.45) is 0 Å². The van der Waals surface area contributed by atoms with E-state index >= 15 is 0 Å². The average molecular weight is 565 g/mol. The van der Waals surface area contributed by atoms with Gasteiger partial charge in [-0.1, -0.05) is 91.0 Å². The zero-order valence-corrected chi connectivity index (χ0v) is 24.0. The first-order chi connectivity index (χ1) is 21.3. The van der Waals surface area contributed by atoms with Gasteiger partial charge in [-0.3, -0.25) is 0 Å². The molecule has 0 atom stereocenters. The Bertz CT molecular complexity index is 2720. The third-order valence-electron chi connectivity index (χ3n) is 9.06. The third-order valence-corrected chi connectivity index (χ3v) is 10.3. The van der Waals surface area contributed by atoms with Crippen molar-refractivity contribution in [3.8, 4) is 11.4 Å². The Morgan fingerprint density at radius 1 is 0.372 bits per heavy atom. The number of hydrogen-bond acceptors (Lipinski definition) is 1. The molecule has 0 aliphatic rings. The Kier molecular flexibility index (Phi) is 4.63. The lowest BCUT2D eigenvalue weighted by Crippen LogP contribution is -1.94. The molecule has 0 N–H and O–H groups in total. The van der Waals surface area contributed by atoms with E-state index in [1.807, 2.05) is 11.3 Å². The summed E-state index contributed by atoms with van der Waals surface area (Å²) in [4.78, 5) is 0. The predicted molar refractivity (Wildman–Crippen MR) is 186 cm³/mol. The van der Waals surface area contributed by atoms with E-state index in [0.717, 1.165) is 0 Å². The number of fused-ring (bicyclic) bond motifs is 10. The Morgan fingerprint density at radius 2 is 0.977 bits per heavy atom. The third kappa shape index (κ3) is 3.17. The molecule has 3 aromatic heterocycles. The molecule has 0 unspecified atom stereocenters. The number of rotatable bonds is 2. The van der Waals surface area contributed by atoms with E-state index in [2.05, 4.69) is 155 Å². The molecule has 0 amide bonds. The van der Waals surface area contributed by atoms with Gasteiger partial charge in [-0.25, -0.2) is 0 Å². The number of hydrogen-bond donors (Lipinski definition) is 0. The van der Waals surface area contributed by atoms with Crippen molar-refractivity contribution in [3.63, 3.8) is 0 Å². The van der Waals surface area contributed by atoms with E-state index in [1.165, 1.54) is 85.9 Å². The monoisotopic (exact) mass is 564 g/mol. The van der Waals surface area contributed by atoms with Crippen molar-refractivity contribution in [1.29, 1.82) is 0 Å². The van der Waals surface area contributed by atoms with Crippen molar-refractivity contribution < 1.29 is 0 Å². The van der Waals surface area contributed by atoms with E-state index in [-0.39, 0.29) is 0 Å². The first-order valence-corrected chi connectivity index (χ1v) is 15.5. The number of aromatic nitrogens is 2. The molecule has 10 rings (SSSR count). The molecule has 0 spiro atoms. The van der Waals surface area contributed by atoms with E-state index in [9.17, 15) is 0 Å².